The van der Waals surface area contributed by atoms with Gasteiger partial charge in [0.2, 0.25) is 0 Å². The van der Waals surface area contributed by atoms with Gasteiger partial charge in [0.25, 0.3) is 0 Å². The molecule has 0 radical (unpaired) electrons. The van der Waals surface area contributed by atoms with Crippen LogP contribution < -0.4 is 0 Å². The Hall–Kier alpha value is -0.790. The maximum absolute atomic E-state index is 4.07. The first-order valence-electron chi connectivity index (χ1n) is 10.8. The molecule has 2 heteroatoms. The Morgan fingerprint density at radius 1 is 0.625 bits per heavy atom. The summed E-state index contributed by atoms with van der Waals surface area (Å²) in [7, 11) is 0. The molecule has 0 saturated heterocycles. The Balaban J connectivity index is 0.00000163. The van der Waals surface area contributed by atoms with Gasteiger partial charge in [-0.2, -0.15) is 0 Å². The van der Waals surface area contributed by atoms with E-state index in [1.165, 1.54) is 96.3 Å². The van der Waals surface area contributed by atoms with Crippen molar-refractivity contribution < 1.29 is 0 Å². The molecule has 1 aromatic rings. The molecular formula is C22H44N2. The molecule has 0 bridgehead atoms. The number of rotatable bonds is 15. The molecule has 0 saturated carbocycles. The third-order valence-corrected chi connectivity index (χ3v) is 4.33. The third-order valence-electron chi connectivity index (χ3n) is 4.33. The SMILES string of the molecule is CCC.CCCCCCCCCCCCCCCCn1ccnc1. The van der Waals surface area contributed by atoms with Crippen LogP contribution in [0.25, 0.3) is 0 Å². The molecule has 1 heterocycles. The lowest BCUT2D eigenvalue weighted by atomic mass is 10.0. The molecular weight excluding hydrogens is 292 g/mol. The fraction of sp³-hybridized carbons (Fsp3) is 0.864. The summed E-state index contributed by atoms with van der Waals surface area (Å²) >= 11 is 0. The van der Waals surface area contributed by atoms with E-state index in [0.29, 0.717) is 0 Å². The smallest absolute Gasteiger partial charge is 0.0945 e. The standard InChI is InChI=1S/C19H36N2.C3H8/c1-2-3-4-5-6-7-8-9-10-11-12-13-14-15-17-21-18-16-20-19-21;1-3-2/h16,18-19H,2-15,17H2,1H3;3H2,1-2H3. The lowest BCUT2D eigenvalue weighted by Crippen LogP contribution is -1.93. The molecule has 0 amide bonds. The number of imidazole rings is 1. The van der Waals surface area contributed by atoms with Crippen LogP contribution in [0.1, 0.15) is 117 Å². The summed E-state index contributed by atoms with van der Waals surface area (Å²) in [6, 6.07) is 0. The van der Waals surface area contributed by atoms with Crippen LogP contribution >= 0.6 is 0 Å². The topological polar surface area (TPSA) is 17.8 Å². The van der Waals surface area contributed by atoms with E-state index in [-0.39, 0.29) is 0 Å². The van der Waals surface area contributed by atoms with Crippen LogP contribution in [0, 0.1) is 0 Å². The molecule has 0 aromatic carbocycles. The van der Waals surface area contributed by atoms with Crippen molar-refractivity contribution in [3.63, 3.8) is 0 Å². The molecule has 1 aromatic heterocycles. The molecule has 0 fully saturated rings. The fourth-order valence-corrected chi connectivity index (χ4v) is 2.91. The van der Waals surface area contributed by atoms with E-state index in [0.717, 1.165) is 6.54 Å². The molecule has 2 nitrogen and oxygen atoms in total. The van der Waals surface area contributed by atoms with E-state index >= 15 is 0 Å². The van der Waals surface area contributed by atoms with Crippen LogP contribution in [0.3, 0.4) is 0 Å². The second-order valence-corrected chi connectivity index (χ2v) is 7.10. The second kappa shape index (κ2) is 20.3. The Morgan fingerprint density at radius 3 is 1.42 bits per heavy atom. The molecule has 0 aliphatic rings. The fourth-order valence-electron chi connectivity index (χ4n) is 2.91. The van der Waals surface area contributed by atoms with Gasteiger partial charge in [-0.3, -0.25) is 0 Å². The predicted molar refractivity (Wildman–Crippen MR) is 109 cm³/mol. The number of aromatic nitrogens is 2. The zero-order valence-corrected chi connectivity index (χ0v) is 16.9. The highest BCUT2D eigenvalue weighted by atomic mass is 15.0. The summed E-state index contributed by atoms with van der Waals surface area (Å²) in [5.41, 5.74) is 0. The lowest BCUT2D eigenvalue weighted by Gasteiger charge is -2.04. The van der Waals surface area contributed by atoms with Gasteiger partial charge in [-0.25, -0.2) is 4.98 Å². The van der Waals surface area contributed by atoms with Crippen LogP contribution in [0.15, 0.2) is 18.7 Å². The molecule has 1 rings (SSSR count). The maximum Gasteiger partial charge on any atom is 0.0945 e. The number of aryl methyl sites for hydroxylation is 1. The maximum atomic E-state index is 4.07. The summed E-state index contributed by atoms with van der Waals surface area (Å²) in [5, 5.41) is 0. The van der Waals surface area contributed by atoms with Crippen molar-refractivity contribution in [3.05, 3.63) is 18.7 Å². The van der Waals surface area contributed by atoms with Gasteiger partial charge in [0.15, 0.2) is 0 Å². The third kappa shape index (κ3) is 17.6. The highest BCUT2D eigenvalue weighted by molar-refractivity contribution is 4.73. The Kier molecular flexibility index (Phi) is 19.6. The van der Waals surface area contributed by atoms with E-state index in [1.54, 1.807) is 0 Å². The average molecular weight is 337 g/mol. The van der Waals surface area contributed by atoms with Crippen molar-refractivity contribution in [1.29, 1.82) is 0 Å². The van der Waals surface area contributed by atoms with Crippen LogP contribution in [0.4, 0.5) is 0 Å². The highest BCUT2D eigenvalue weighted by Crippen LogP contribution is 2.13. The van der Waals surface area contributed by atoms with E-state index in [1.807, 2.05) is 12.5 Å². The van der Waals surface area contributed by atoms with E-state index in [2.05, 4.69) is 36.5 Å². The monoisotopic (exact) mass is 336 g/mol. The van der Waals surface area contributed by atoms with Crippen molar-refractivity contribution in [2.75, 3.05) is 0 Å². The van der Waals surface area contributed by atoms with E-state index < -0.39 is 0 Å². The van der Waals surface area contributed by atoms with Gasteiger partial charge in [0, 0.05) is 18.9 Å². The van der Waals surface area contributed by atoms with Crippen LogP contribution in [-0.4, -0.2) is 9.55 Å². The first kappa shape index (κ1) is 23.2. The number of unbranched alkanes of at least 4 members (excludes halogenated alkanes) is 13. The normalized spacial score (nSPS) is 10.5. The minimum Gasteiger partial charge on any atom is -0.337 e. The molecule has 0 unspecified atom stereocenters. The second-order valence-electron chi connectivity index (χ2n) is 7.10. The molecule has 0 spiro atoms. The molecule has 0 atom stereocenters. The van der Waals surface area contributed by atoms with Crippen molar-refractivity contribution in [1.82, 2.24) is 9.55 Å². The van der Waals surface area contributed by atoms with Crippen molar-refractivity contribution in [2.45, 2.75) is 124 Å². The molecule has 142 valence electrons. The van der Waals surface area contributed by atoms with Gasteiger partial charge in [-0.05, 0) is 6.42 Å². The summed E-state index contributed by atoms with van der Waals surface area (Å²) in [5.74, 6) is 0. The van der Waals surface area contributed by atoms with Crippen LogP contribution in [0.2, 0.25) is 0 Å². The quantitative estimate of drug-likeness (QED) is 0.299. The van der Waals surface area contributed by atoms with Gasteiger partial charge in [0.05, 0.1) is 6.33 Å². The summed E-state index contributed by atoms with van der Waals surface area (Å²) in [6.07, 6.45) is 27.1. The van der Waals surface area contributed by atoms with Crippen molar-refractivity contribution in [2.24, 2.45) is 0 Å². The first-order chi connectivity index (χ1) is 11.8. The van der Waals surface area contributed by atoms with Gasteiger partial charge >= 0.3 is 0 Å². The molecule has 0 N–H and O–H groups in total. The lowest BCUT2D eigenvalue weighted by molar-refractivity contribution is 0.524. The predicted octanol–water partition coefficient (Wildman–Crippen LogP) is 7.78. The Morgan fingerprint density at radius 2 is 1.04 bits per heavy atom. The van der Waals surface area contributed by atoms with Crippen LogP contribution in [0.5, 0.6) is 0 Å². The first-order valence-corrected chi connectivity index (χ1v) is 10.8. The van der Waals surface area contributed by atoms with Gasteiger partial charge in [-0.15, -0.1) is 0 Å². The van der Waals surface area contributed by atoms with Crippen molar-refractivity contribution in [3.8, 4) is 0 Å². The summed E-state index contributed by atoms with van der Waals surface area (Å²) in [4.78, 5) is 4.07. The minimum absolute atomic E-state index is 1.14. The van der Waals surface area contributed by atoms with Crippen molar-refractivity contribution >= 4 is 0 Å². The highest BCUT2D eigenvalue weighted by Gasteiger charge is 1.94. The molecule has 24 heavy (non-hydrogen) atoms. The zero-order chi connectivity index (χ0) is 17.7. The summed E-state index contributed by atoms with van der Waals surface area (Å²) in [6.45, 7) is 7.68. The van der Waals surface area contributed by atoms with Gasteiger partial charge < -0.3 is 4.57 Å². The van der Waals surface area contributed by atoms with Crippen LogP contribution in [-0.2, 0) is 6.54 Å². The molecule has 0 aliphatic carbocycles. The minimum atomic E-state index is 1.14. The van der Waals surface area contributed by atoms with E-state index in [4.69, 9.17) is 0 Å². The number of hydrogen-bond donors (Lipinski definition) is 0. The largest absolute Gasteiger partial charge is 0.337 e. The Labute approximate surface area is 152 Å². The number of hydrogen-bond acceptors (Lipinski definition) is 1. The summed E-state index contributed by atoms with van der Waals surface area (Å²) < 4.78 is 2.18. The van der Waals surface area contributed by atoms with E-state index in [9.17, 15) is 0 Å². The molecule has 0 aliphatic heterocycles. The number of nitrogens with zero attached hydrogens (tertiary/aromatic N) is 2. The zero-order valence-electron chi connectivity index (χ0n) is 16.9. The Bertz CT molecular complexity index is 306. The van der Waals surface area contributed by atoms with Gasteiger partial charge in [0.1, 0.15) is 0 Å². The van der Waals surface area contributed by atoms with Gasteiger partial charge in [-0.1, -0.05) is 111 Å². The average Bonchev–Trinajstić information content (AvgIpc) is 3.09.